The molecule has 3 aromatic heterocycles. The van der Waals surface area contributed by atoms with Gasteiger partial charge in [0.25, 0.3) is 11.4 Å². The Kier molecular flexibility index (Phi) is 3.93. The molecule has 0 amide bonds. The quantitative estimate of drug-likeness (QED) is 0.638. The average molecular weight is 357 g/mol. The van der Waals surface area contributed by atoms with Crippen LogP contribution in [0.1, 0.15) is 11.9 Å². The lowest BCUT2D eigenvalue weighted by molar-refractivity contribution is 0.190. The topological polar surface area (TPSA) is 111 Å². The molecule has 10 nitrogen and oxygen atoms in total. The van der Waals surface area contributed by atoms with Crippen LogP contribution in [0, 0.1) is 0 Å². The maximum Gasteiger partial charge on any atom is 0.332 e. The molecule has 1 aliphatic heterocycles. The van der Waals surface area contributed by atoms with Crippen LogP contribution in [-0.2, 0) is 14.1 Å². The number of likely N-dealkylation sites (N-methyl/N-ethyl adjacent to an activating group) is 1. The van der Waals surface area contributed by atoms with Crippen LogP contribution in [0.5, 0.6) is 0 Å². The van der Waals surface area contributed by atoms with E-state index >= 15 is 0 Å². The zero-order valence-electron chi connectivity index (χ0n) is 14.8. The lowest BCUT2D eigenvalue weighted by Crippen LogP contribution is -2.44. The largest absolute Gasteiger partial charge is 0.334 e. The summed E-state index contributed by atoms with van der Waals surface area (Å²) in [7, 11) is 5.03. The van der Waals surface area contributed by atoms with E-state index in [0.717, 1.165) is 24.2 Å². The van der Waals surface area contributed by atoms with Gasteiger partial charge in [0, 0.05) is 39.9 Å². The van der Waals surface area contributed by atoms with Gasteiger partial charge in [0.05, 0.1) is 17.0 Å². The highest BCUT2D eigenvalue weighted by Crippen LogP contribution is 2.23. The third-order valence-corrected chi connectivity index (χ3v) is 4.79. The summed E-state index contributed by atoms with van der Waals surface area (Å²) in [6.07, 6.45) is 1.53. The van der Waals surface area contributed by atoms with Crippen molar-refractivity contribution in [2.75, 3.05) is 26.7 Å². The summed E-state index contributed by atoms with van der Waals surface area (Å²) < 4.78 is 7.78. The highest BCUT2D eigenvalue weighted by atomic mass is 16.5. The first-order chi connectivity index (χ1) is 12.5. The summed E-state index contributed by atoms with van der Waals surface area (Å²) >= 11 is 0. The number of aromatic nitrogens is 5. The lowest BCUT2D eigenvalue weighted by atomic mass is 10.2. The van der Waals surface area contributed by atoms with E-state index in [9.17, 15) is 9.59 Å². The smallest absolute Gasteiger partial charge is 0.332 e. The van der Waals surface area contributed by atoms with Crippen molar-refractivity contribution in [3.63, 3.8) is 0 Å². The van der Waals surface area contributed by atoms with Crippen LogP contribution in [0.3, 0.4) is 0 Å². The molecule has 4 rings (SSSR count). The minimum Gasteiger partial charge on any atom is -0.334 e. The Morgan fingerprint density at radius 2 is 2.04 bits per heavy atom. The number of hydrogen-bond acceptors (Lipinski definition) is 8. The number of pyridine rings is 1. The second-order valence-corrected chi connectivity index (χ2v) is 6.46. The van der Waals surface area contributed by atoms with Gasteiger partial charge in [-0.3, -0.25) is 18.8 Å². The molecule has 0 saturated carbocycles. The molecule has 0 radical (unpaired) electrons. The molecule has 0 aliphatic carbocycles. The number of rotatable bonds is 2. The SMILES string of the molecule is CN1CCNCC1c1noc(-c2cnc3c(c2)c(=O)n(C)c(=O)n3C)n1. The fourth-order valence-electron chi connectivity index (χ4n) is 3.16. The molecule has 1 fully saturated rings. The minimum absolute atomic E-state index is 0.0309. The Balaban J connectivity index is 1.78. The van der Waals surface area contributed by atoms with Crippen molar-refractivity contribution >= 4 is 11.0 Å². The number of fused-ring (bicyclic) bond motifs is 1. The maximum atomic E-state index is 12.4. The number of nitrogens with one attached hydrogen (secondary N) is 1. The molecule has 4 heterocycles. The van der Waals surface area contributed by atoms with Crippen molar-refractivity contribution in [2.24, 2.45) is 14.1 Å². The van der Waals surface area contributed by atoms with Crippen molar-refractivity contribution in [1.82, 2.24) is 34.5 Å². The molecule has 3 aromatic rings. The van der Waals surface area contributed by atoms with Crippen LogP contribution in [0.4, 0.5) is 0 Å². The van der Waals surface area contributed by atoms with Crippen molar-refractivity contribution < 1.29 is 4.52 Å². The second-order valence-electron chi connectivity index (χ2n) is 6.46. The van der Waals surface area contributed by atoms with Gasteiger partial charge in [0.2, 0.25) is 0 Å². The number of aryl methyl sites for hydroxylation is 1. The van der Waals surface area contributed by atoms with Gasteiger partial charge in [-0.25, -0.2) is 9.78 Å². The maximum absolute atomic E-state index is 12.4. The van der Waals surface area contributed by atoms with Gasteiger partial charge in [0.15, 0.2) is 5.82 Å². The summed E-state index contributed by atoms with van der Waals surface area (Å²) in [4.78, 5) is 35.3. The van der Waals surface area contributed by atoms with Crippen molar-refractivity contribution in [3.8, 4) is 11.5 Å². The highest BCUT2D eigenvalue weighted by molar-refractivity contribution is 5.78. The van der Waals surface area contributed by atoms with E-state index in [1.165, 1.54) is 17.8 Å². The molecule has 0 aromatic carbocycles. The van der Waals surface area contributed by atoms with Crippen LogP contribution >= 0.6 is 0 Å². The minimum atomic E-state index is -0.421. The summed E-state index contributed by atoms with van der Waals surface area (Å²) in [6, 6.07) is 1.66. The van der Waals surface area contributed by atoms with Crippen LogP contribution in [-0.4, -0.2) is 55.8 Å². The Morgan fingerprint density at radius 3 is 2.81 bits per heavy atom. The first-order valence-corrected chi connectivity index (χ1v) is 8.28. The number of nitrogens with zero attached hydrogens (tertiary/aromatic N) is 6. The molecule has 1 atom stereocenters. The third-order valence-electron chi connectivity index (χ3n) is 4.79. The second kappa shape index (κ2) is 6.15. The fourth-order valence-corrected chi connectivity index (χ4v) is 3.16. The van der Waals surface area contributed by atoms with E-state index in [0.29, 0.717) is 28.3 Å². The van der Waals surface area contributed by atoms with Gasteiger partial charge in [-0.05, 0) is 13.1 Å². The van der Waals surface area contributed by atoms with Crippen LogP contribution in [0.15, 0.2) is 26.4 Å². The van der Waals surface area contributed by atoms with E-state index in [1.807, 2.05) is 7.05 Å². The summed E-state index contributed by atoms with van der Waals surface area (Å²) in [5, 5.41) is 7.72. The number of hydrogen-bond donors (Lipinski definition) is 1. The summed E-state index contributed by atoms with van der Waals surface area (Å²) in [5.41, 5.74) is 0.0280. The Hall–Kier alpha value is -2.85. The molecule has 136 valence electrons. The Labute approximate surface area is 148 Å². The number of piperazine rings is 1. The van der Waals surface area contributed by atoms with Crippen molar-refractivity contribution in [3.05, 3.63) is 38.9 Å². The lowest BCUT2D eigenvalue weighted by Gasteiger charge is -2.30. The van der Waals surface area contributed by atoms with E-state index in [1.54, 1.807) is 13.1 Å². The molecular formula is C16H19N7O3. The molecular weight excluding hydrogens is 338 g/mol. The molecule has 1 aliphatic rings. The third kappa shape index (κ3) is 2.54. The Bertz CT molecular complexity index is 1100. The standard InChI is InChI=1S/C16H19N7O3/c1-21-5-4-17-8-11(21)12-19-14(26-20-12)9-6-10-13(18-7-9)22(2)16(25)23(3)15(10)24/h6-7,11,17H,4-5,8H2,1-3H3. The van der Waals surface area contributed by atoms with Gasteiger partial charge in [-0.2, -0.15) is 4.98 Å². The predicted octanol–water partition coefficient (Wildman–Crippen LogP) is -0.742. The van der Waals surface area contributed by atoms with Gasteiger partial charge >= 0.3 is 5.69 Å². The molecule has 1 unspecified atom stereocenters. The monoisotopic (exact) mass is 357 g/mol. The van der Waals surface area contributed by atoms with Crippen LogP contribution < -0.4 is 16.6 Å². The van der Waals surface area contributed by atoms with Crippen LogP contribution in [0.2, 0.25) is 0 Å². The van der Waals surface area contributed by atoms with Gasteiger partial charge in [-0.15, -0.1) is 0 Å². The first-order valence-electron chi connectivity index (χ1n) is 8.28. The van der Waals surface area contributed by atoms with E-state index < -0.39 is 11.2 Å². The van der Waals surface area contributed by atoms with E-state index in [-0.39, 0.29) is 6.04 Å². The van der Waals surface area contributed by atoms with Crippen molar-refractivity contribution in [1.29, 1.82) is 0 Å². The summed E-state index contributed by atoms with van der Waals surface area (Å²) in [5.74, 6) is 0.882. The zero-order chi connectivity index (χ0) is 18.4. The average Bonchev–Trinajstić information content (AvgIpc) is 3.14. The predicted molar refractivity (Wildman–Crippen MR) is 93.8 cm³/mol. The van der Waals surface area contributed by atoms with Crippen LogP contribution in [0.25, 0.3) is 22.5 Å². The molecule has 0 spiro atoms. The molecule has 1 saturated heterocycles. The summed E-state index contributed by atoms with van der Waals surface area (Å²) in [6.45, 7) is 2.57. The fraction of sp³-hybridized carbons (Fsp3) is 0.438. The Morgan fingerprint density at radius 1 is 1.23 bits per heavy atom. The van der Waals surface area contributed by atoms with Gasteiger partial charge in [0.1, 0.15) is 5.65 Å². The molecule has 1 N–H and O–H groups in total. The van der Waals surface area contributed by atoms with Crippen molar-refractivity contribution in [2.45, 2.75) is 6.04 Å². The normalized spacial score (nSPS) is 18.5. The van der Waals surface area contributed by atoms with E-state index in [2.05, 4.69) is 25.3 Å². The van der Waals surface area contributed by atoms with Gasteiger partial charge in [-0.1, -0.05) is 5.16 Å². The highest BCUT2D eigenvalue weighted by Gasteiger charge is 2.25. The molecule has 0 bridgehead atoms. The molecule has 10 heteroatoms. The first kappa shape index (κ1) is 16.6. The van der Waals surface area contributed by atoms with E-state index in [4.69, 9.17) is 4.52 Å². The van der Waals surface area contributed by atoms with Gasteiger partial charge < -0.3 is 9.84 Å². The zero-order valence-corrected chi connectivity index (χ0v) is 14.8. The molecule has 26 heavy (non-hydrogen) atoms.